The van der Waals surface area contributed by atoms with Crippen LogP contribution in [-0.2, 0) is 23.5 Å². The van der Waals surface area contributed by atoms with E-state index < -0.39 is 12.0 Å². The monoisotopic (exact) mass is 291 g/mol. The number of thioether (sulfide) groups is 1. The molecule has 0 aliphatic heterocycles. The van der Waals surface area contributed by atoms with Gasteiger partial charge in [-0.1, -0.05) is 18.5 Å². The number of aromatic nitrogens is 2. The van der Waals surface area contributed by atoms with Gasteiger partial charge in [-0.05, 0) is 13.3 Å². The molecule has 0 radical (unpaired) electrons. The van der Waals surface area contributed by atoms with Crippen LogP contribution in [0.1, 0.15) is 25.2 Å². The Balaban J connectivity index is 2.66. The molecule has 0 bridgehead atoms. The van der Waals surface area contributed by atoms with Crippen molar-refractivity contribution >= 4 is 29.3 Å². The lowest BCUT2D eigenvalue weighted by atomic mass is 10.3. The number of carbonyl (C=O) groups is 1. The molecular formula is C11H18ClN3O2S. The van der Waals surface area contributed by atoms with Crippen LogP contribution in [0.5, 0.6) is 0 Å². The quantitative estimate of drug-likeness (QED) is 0.800. The number of carboxylic acids is 1. The molecule has 0 spiro atoms. The molecule has 0 unspecified atom stereocenters. The van der Waals surface area contributed by atoms with Gasteiger partial charge in [0, 0.05) is 18.1 Å². The van der Waals surface area contributed by atoms with E-state index in [1.54, 1.807) is 0 Å². The first-order valence-electron chi connectivity index (χ1n) is 5.81. The van der Waals surface area contributed by atoms with Gasteiger partial charge in [-0.25, -0.2) is 0 Å². The Kier molecular flexibility index (Phi) is 5.98. The Morgan fingerprint density at radius 1 is 1.61 bits per heavy atom. The maximum absolute atomic E-state index is 10.6. The van der Waals surface area contributed by atoms with Gasteiger partial charge in [0.1, 0.15) is 6.04 Å². The van der Waals surface area contributed by atoms with Gasteiger partial charge in [-0.2, -0.15) is 16.9 Å². The predicted octanol–water partition coefficient (Wildman–Crippen LogP) is 1.76. The fraction of sp³-hybridized carbons (Fsp3) is 0.636. The average molecular weight is 292 g/mol. The van der Waals surface area contributed by atoms with E-state index in [0.29, 0.717) is 16.5 Å². The molecule has 0 aliphatic carbocycles. The third-order valence-electron chi connectivity index (χ3n) is 2.55. The summed E-state index contributed by atoms with van der Waals surface area (Å²) in [7, 11) is 0. The first-order chi connectivity index (χ1) is 8.51. The number of nitrogens with two attached hydrogens (primary N) is 1. The van der Waals surface area contributed by atoms with Gasteiger partial charge in [-0.3, -0.25) is 9.48 Å². The van der Waals surface area contributed by atoms with Gasteiger partial charge in [0.15, 0.2) is 0 Å². The number of hydrogen-bond donors (Lipinski definition) is 2. The van der Waals surface area contributed by atoms with Gasteiger partial charge >= 0.3 is 5.97 Å². The second-order valence-corrected chi connectivity index (χ2v) is 5.24. The van der Waals surface area contributed by atoms with Gasteiger partial charge in [0.2, 0.25) is 0 Å². The van der Waals surface area contributed by atoms with E-state index >= 15 is 0 Å². The molecule has 3 N–H and O–H groups in total. The fourth-order valence-corrected chi connectivity index (χ4v) is 2.93. The molecule has 0 saturated carbocycles. The Hall–Kier alpha value is -0.720. The van der Waals surface area contributed by atoms with Crippen LogP contribution in [-0.4, -0.2) is 32.7 Å². The molecule has 1 rings (SSSR count). The van der Waals surface area contributed by atoms with Crippen molar-refractivity contribution in [1.82, 2.24) is 9.78 Å². The molecule has 0 amide bonds. The number of hydrogen-bond acceptors (Lipinski definition) is 4. The molecule has 5 nitrogen and oxygen atoms in total. The average Bonchev–Trinajstić information content (AvgIpc) is 2.65. The summed E-state index contributed by atoms with van der Waals surface area (Å²) >= 11 is 7.70. The fourth-order valence-electron chi connectivity index (χ4n) is 1.51. The highest BCUT2D eigenvalue weighted by Gasteiger charge is 2.16. The van der Waals surface area contributed by atoms with Crippen LogP contribution in [0.2, 0.25) is 5.02 Å². The molecule has 0 aromatic carbocycles. The van der Waals surface area contributed by atoms with Crippen LogP contribution >= 0.6 is 23.4 Å². The molecule has 7 heteroatoms. The maximum Gasteiger partial charge on any atom is 0.321 e. The molecule has 0 saturated heterocycles. The lowest BCUT2D eigenvalue weighted by Crippen LogP contribution is -2.32. The van der Waals surface area contributed by atoms with Gasteiger partial charge in [0.25, 0.3) is 0 Å². The number of aryl methyl sites for hydroxylation is 2. The van der Waals surface area contributed by atoms with Crippen LogP contribution in [0, 0.1) is 0 Å². The van der Waals surface area contributed by atoms with Crippen molar-refractivity contribution < 1.29 is 9.90 Å². The second-order valence-electron chi connectivity index (χ2n) is 3.84. The summed E-state index contributed by atoms with van der Waals surface area (Å²) in [5, 5.41) is 13.8. The van der Waals surface area contributed by atoms with Crippen molar-refractivity contribution in [2.24, 2.45) is 5.73 Å². The molecule has 18 heavy (non-hydrogen) atoms. The minimum atomic E-state index is -0.980. The third-order valence-corrected chi connectivity index (χ3v) is 4.06. The number of rotatable bonds is 7. The molecule has 102 valence electrons. The van der Waals surface area contributed by atoms with E-state index in [-0.39, 0.29) is 0 Å². The van der Waals surface area contributed by atoms with Crippen LogP contribution in [0.25, 0.3) is 0 Å². The summed E-state index contributed by atoms with van der Waals surface area (Å²) in [4.78, 5) is 10.6. The van der Waals surface area contributed by atoms with Crippen LogP contribution < -0.4 is 5.73 Å². The van der Waals surface area contributed by atoms with Gasteiger partial charge in [0.05, 0.1) is 16.4 Å². The summed E-state index contributed by atoms with van der Waals surface area (Å²) in [6, 6.07) is -0.836. The van der Waals surface area contributed by atoms with Crippen molar-refractivity contribution in [3.63, 3.8) is 0 Å². The number of nitrogens with zero attached hydrogens (tertiary/aromatic N) is 2. The Morgan fingerprint density at radius 3 is 2.78 bits per heavy atom. The Morgan fingerprint density at radius 2 is 2.28 bits per heavy atom. The van der Waals surface area contributed by atoms with Crippen molar-refractivity contribution in [2.75, 3.05) is 5.75 Å². The Bertz CT molecular complexity index is 423. The molecule has 0 aliphatic rings. The van der Waals surface area contributed by atoms with Crippen LogP contribution in [0.15, 0.2) is 0 Å². The molecular weight excluding hydrogens is 274 g/mol. The van der Waals surface area contributed by atoms with E-state index in [2.05, 4.69) is 5.10 Å². The highest BCUT2D eigenvalue weighted by molar-refractivity contribution is 7.98. The molecule has 1 aromatic heterocycles. The summed E-state index contributed by atoms with van der Waals surface area (Å²) in [5.74, 6) is 0.00898. The number of carboxylic acid groups (broad SMARTS) is 1. The zero-order chi connectivity index (χ0) is 13.7. The van der Waals surface area contributed by atoms with Crippen molar-refractivity contribution in [3.8, 4) is 0 Å². The minimum absolute atomic E-state index is 0.363. The minimum Gasteiger partial charge on any atom is -0.480 e. The van der Waals surface area contributed by atoms with Gasteiger partial charge in [-0.15, -0.1) is 0 Å². The number of halogens is 1. The van der Waals surface area contributed by atoms with Gasteiger partial charge < -0.3 is 10.8 Å². The normalized spacial score (nSPS) is 12.7. The second kappa shape index (κ2) is 7.01. The topological polar surface area (TPSA) is 81.1 Å². The smallest absolute Gasteiger partial charge is 0.321 e. The SMILES string of the molecule is CCc1nn(CC)c(CSC[C@@H](N)C(=O)O)c1Cl. The van der Waals surface area contributed by atoms with Crippen LogP contribution in [0.3, 0.4) is 0 Å². The maximum atomic E-state index is 10.6. The summed E-state index contributed by atoms with van der Waals surface area (Å²) in [6.07, 6.45) is 0.790. The van der Waals surface area contributed by atoms with E-state index in [0.717, 1.165) is 24.4 Å². The van der Waals surface area contributed by atoms with E-state index in [4.69, 9.17) is 22.4 Å². The molecule has 1 aromatic rings. The molecule has 0 fully saturated rings. The van der Waals surface area contributed by atoms with Crippen molar-refractivity contribution in [3.05, 3.63) is 16.4 Å². The highest BCUT2D eigenvalue weighted by atomic mass is 35.5. The summed E-state index contributed by atoms with van der Waals surface area (Å²) in [6.45, 7) is 4.76. The summed E-state index contributed by atoms with van der Waals surface area (Å²) in [5.41, 5.74) is 7.27. The van der Waals surface area contributed by atoms with Crippen molar-refractivity contribution in [1.29, 1.82) is 0 Å². The zero-order valence-corrected chi connectivity index (χ0v) is 12.1. The first-order valence-corrected chi connectivity index (χ1v) is 7.34. The Labute approximate surface area is 116 Å². The standard InChI is InChI=1S/C11H18ClN3O2S/c1-3-8-10(12)9(15(4-2)14-8)6-18-5-7(13)11(16)17/h7H,3-6,13H2,1-2H3,(H,16,17)/t7-/m1/s1. The largest absolute Gasteiger partial charge is 0.480 e. The van der Waals surface area contributed by atoms with E-state index in [1.165, 1.54) is 11.8 Å². The zero-order valence-electron chi connectivity index (χ0n) is 10.5. The first kappa shape index (κ1) is 15.3. The highest BCUT2D eigenvalue weighted by Crippen LogP contribution is 2.25. The lowest BCUT2D eigenvalue weighted by molar-refractivity contribution is -0.137. The lowest BCUT2D eigenvalue weighted by Gasteiger charge is -2.07. The van der Waals surface area contributed by atoms with E-state index in [9.17, 15) is 4.79 Å². The summed E-state index contributed by atoms with van der Waals surface area (Å²) < 4.78 is 1.86. The van der Waals surface area contributed by atoms with E-state index in [1.807, 2.05) is 18.5 Å². The van der Waals surface area contributed by atoms with Crippen molar-refractivity contribution in [2.45, 2.75) is 38.6 Å². The number of aliphatic carboxylic acids is 1. The molecule has 1 atom stereocenters. The van der Waals surface area contributed by atoms with Crippen LogP contribution in [0.4, 0.5) is 0 Å². The molecule has 1 heterocycles. The predicted molar refractivity (Wildman–Crippen MR) is 74.1 cm³/mol. The third kappa shape index (κ3) is 3.63.